The molecule has 4 nitrogen and oxygen atoms in total. The van der Waals surface area contributed by atoms with Crippen molar-refractivity contribution in [2.24, 2.45) is 0 Å². The van der Waals surface area contributed by atoms with Gasteiger partial charge in [0.25, 0.3) is 0 Å². The zero-order valence-electron chi connectivity index (χ0n) is 12.3. The molecule has 1 aliphatic rings. The van der Waals surface area contributed by atoms with Gasteiger partial charge in [0.05, 0.1) is 11.0 Å². The SMILES string of the molecule is O=C(O)Cn1c(C2CCCCCCC2)nc2ccccc21. The van der Waals surface area contributed by atoms with E-state index in [2.05, 4.69) is 0 Å². The molecule has 0 spiro atoms. The minimum absolute atomic E-state index is 0.00630. The summed E-state index contributed by atoms with van der Waals surface area (Å²) in [6, 6.07) is 7.85. The van der Waals surface area contributed by atoms with Crippen LogP contribution >= 0.6 is 0 Å². The summed E-state index contributed by atoms with van der Waals surface area (Å²) >= 11 is 0. The molecule has 0 bridgehead atoms. The molecule has 1 aromatic carbocycles. The van der Waals surface area contributed by atoms with E-state index in [1.165, 1.54) is 32.1 Å². The molecule has 0 saturated heterocycles. The van der Waals surface area contributed by atoms with E-state index in [0.717, 1.165) is 29.7 Å². The normalized spacial score (nSPS) is 17.5. The van der Waals surface area contributed by atoms with Gasteiger partial charge in [-0.25, -0.2) is 4.98 Å². The van der Waals surface area contributed by atoms with Gasteiger partial charge >= 0.3 is 5.97 Å². The van der Waals surface area contributed by atoms with Crippen molar-refractivity contribution in [3.63, 3.8) is 0 Å². The number of aromatic nitrogens is 2. The predicted octanol–water partition coefficient (Wildman–Crippen LogP) is 3.95. The van der Waals surface area contributed by atoms with E-state index in [0.29, 0.717) is 5.92 Å². The van der Waals surface area contributed by atoms with E-state index in [1.54, 1.807) is 0 Å². The van der Waals surface area contributed by atoms with Gasteiger partial charge in [0.15, 0.2) is 0 Å². The highest BCUT2D eigenvalue weighted by Crippen LogP contribution is 2.32. The number of carboxylic acid groups (broad SMARTS) is 1. The highest BCUT2D eigenvalue weighted by molar-refractivity contribution is 5.78. The van der Waals surface area contributed by atoms with Crippen LogP contribution in [0.15, 0.2) is 24.3 Å². The van der Waals surface area contributed by atoms with Crippen molar-refractivity contribution < 1.29 is 9.90 Å². The highest BCUT2D eigenvalue weighted by Gasteiger charge is 2.21. The Hall–Kier alpha value is -1.84. The van der Waals surface area contributed by atoms with Crippen molar-refractivity contribution >= 4 is 17.0 Å². The Labute approximate surface area is 124 Å². The fourth-order valence-corrected chi connectivity index (χ4v) is 3.42. The Morgan fingerprint density at radius 3 is 2.52 bits per heavy atom. The van der Waals surface area contributed by atoms with Gasteiger partial charge in [-0.1, -0.05) is 44.2 Å². The molecule has 1 heterocycles. The van der Waals surface area contributed by atoms with Crippen LogP contribution in [-0.4, -0.2) is 20.6 Å². The number of hydrogen-bond acceptors (Lipinski definition) is 2. The Bertz CT molecular complexity index is 625. The molecule has 4 heteroatoms. The van der Waals surface area contributed by atoms with Crippen LogP contribution in [0.2, 0.25) is 0 Å². The second-order valence-electron chi connectivity index (χ2n) is 5.98. The molecule has 0 radical (unpaired) electrons. The van der Waals surface area contributed by atoms with Gasteiger partial charge < -0.3 is 9.67 Å². The van der Waals surface area contributed by atoms with Crippen LogP contribution in [0.5, 0.6) is 0 Å². The molecule has 112 valence electrons. The molecular formula is C17H22N2O2. The number of benzene rings is 1. The third-order valence-electron chi connectivity index (χ3n) is 4.45. The van der Waals surface area contributed by atoms with Gasteiger partial charge in [-0.05, 0) is 25.0 Å². The molecule has 0 amide bonds. The topological polar surface area (TPSA) is 55.1 Å². The molecule has 0 atom stereocenters. The van der Waals surface area contributed by atoms with Crippen molar-refractivity contribution in [1.29, 1.82) is 0 Å². The van der Waals surface area contributed by atoms with E-state index < -0.39 is 5.97 Å². The minimum Gasteiger partial charge on any atom is -0.480 e. The molecule has 1 fully saturated rings. The summed E-state index contributed by atoms with van der Waals surface area (Å²) in [6.07, 6.45) is 8.61. The zero-order chi connectivity index (χ0) is 14.7. The van der Waals surface area contributed by atoms with E-state index in [9.17, 15) is 9.90 Å². The van der Waals surface area contributed by atoms with Crippen LogP contribution < -0.4 is 0 Å². The van der Waals surface area contributed by atoms with Gasteiger partial charge in [0.2, 0.25) is 0 Å². The number of nitrogens with zero attached hydrogens (tertiary/aromatic N) is 2. The minimum atomic E-state index is -0.801. The molecular weight excluding hydrogens is 264 g/mol. The van der Waals surface area contributed by atoms with Gasteiger partial charge in [-0.2, -0.15) is 0 Å². The van der Waals surface area contributed by atoms with Crippen LogP contribution in [0.25, 0.3) is 11.0 Å². The quantitative estimate of drug-likeness (QED) is 0.929. The predicted molar refractivity (Wildman–Crippen MR) is 82.4 cm³/mol. The Balaban J connectivity index is 2.00. The first-order valence-corrected chi connectivity index (χ1v) is 7.92. The van der Waals surface area contributed by atoms with Crippen LogP contribution in [0, 0.1) is 0 Å². The molecule has 1 N–H and O–H groups in total. The summed E-state index contributed by atoms with van der Waals surface area (Å²) in [7, 11) is 0. The first-order valence-electron chi connectivity index (χ1n) is 7.92. The first kappa shape index (κ1) is 14.1. The number of carboxylic acids is 1. The highest BCUT2D eigenvalue weighted by atomic mass is 16.4. The maximum atomic E-state index is 11.2. The number of aliphatic carboxylic acids is 1. The summed E-state index contributed by atoms with van der Waals surface area (Å²) in [5.74, 6) is 0.572. The van der Waals surface area contributed by atoms with E-state index in [-0.39, 0.29) is 6.54 Å². The van der Waals surface area contributed by atoms with Gasteiger partial charge in [0.1, 0.15) is 12.4 Å². The molecule has 0 aliphatic heterocycles. The summed E-state index contributed by atoms with van der Waals surface area (Å²) < 4.78 is 1.91. The van der Waals surface area contributed by atoms with Crippen LogP contribution in [0.4, 0.5) is 0 Å². The van der Waals surface area contributed by atoms with Crippen molar-refractivity contribution in [3.05, 3.63) is 30.1 Å². The van der Waals surface area contributed by atoms with E-state index in [4.69, 9.17) is 4.98 Å². The average Bonchev–Trinajstić information content (AvgIpc) is 2.77. The number of fused-ring (bicyclic) bond motifs is 1. The third-order valence-corrected chi connectivity index (χ3v) is 4.45. The van der Waals surface area contributed by atoms with Crippen molar-refractivity contribution in [2.75, 3.05) is 0 Å². The second kappa shape index (κ2) is 6.29. The molecule has 0 unspecified atom stereocenters. The van der Waals surface area contributed by atoms with Crippen molar-refractivity contribution in [1.82, 2.24) is 9.55 Å². The fourth-order valence-electron chi connectivity index (χ4n) is 3.42. The Kier molecular flexibility index (Phi) is 4.23. The van der Waals surface area contributed by atoms with Crippen LogP contribution in [-0.2, 0) is 11.3 Å². The molecule has 2 aromatic rings. The molecule has 1 aliphatic carbocycles. The van der Waals surface area contributed by atoms with Crippen molar-refractivity contribution in [2.45, 2.75) is 57.4 Å². The standard InChI is InChI=1S/C17H22N2O2/c20-16(21)12-19-15-11-7-6-10-14(15)18-17(19)13-8-4-2-1-3-5-9-13/h6-7,10-11,13H,1-5,8-9,12H2,(H,20,21). The van der Waals surface area contributed by atoms with Gasteiger partial charge in [-0.15, -0.1) is 0 Å². The lowest BCUT2D eigenvalue weighted by Crippen LogP contribution is -2.15. The monoisotopic (exact) mass is 286 g/mol. The Morgan fingerprint density at radius 2 is 1.81 bits per heavy atom. The average molecular weight is 286 g/mol. The summed E-state index contributed by atoms with van der Waals surface area (Å²) in [4.78, 5) is 16.0. The lowest BCUT2D eigenvalue weighted by molar-refractivity contribution is -0.137. The maximum Gasteiger partial charge on any atom is 0.323 e. The molecule has 21 heavy (non-hydrogen) atoms. The third kappa shape index (κ3) is 3.09. The van der Waals surface area contributed by atoms with Crippen molar-refractivity contribution in [3.8, 4) is 0 Å². The lowest BCUT2D eigenvalue weighted by atomic mass is 9.90. The largest absolute Gasteiger partial charge is 0.480 e. The second-order valence-corrected chi connectivity index (χ2v) is 5.98. The van der Waals surface area contributed by atoms with Gasteiger partial charge in [-0.3, -0.25) is 4.79 Å². The maximum absolute atomic E-state index is 11.2. The number of carbonyl (C=O) groups is 1. The molecule has 3 rings (SSSR count). The number of hydrogen-bond donors (Lipinski definition) is 1. The van der Waals surface area contributed by atoms with Gasteiger partial charge in [0, 0.05) is 5.92 Å². The fraction of sp³-hybridized carbons (Fsp3) is 0.529. The summed E-state index contributed by atoms with van der Waals surface area (Å²) in [5.41, 5.74) is 1.85. The summed E-state index contributed by atoms with van der Waals surface area (Å²) in [5, 5.41) is 9.22. The number of imidazole rings is 1. The number of para-hydroxylation sites is 2. The number of rotatable bonds is 3. The smallest absolute Gasteiger partial charge is 0.323 e. The zero-order valence-corrected chi connectivity index (χ0v) is 12.3. The molecule has 1 saturated carbocycles. The van der Waals surface area contributed by atoms with Crippen LogP contribution in [0.3, 0.4) is 0 Å². The Morgan fingerprint density at radius 1 is 1.14 bits per heavy atom. The van der Waals surface area contributed by atoms with Crippen LogP contribution in [0.1, 0.15) is 56.7 Å². The molecule has 1 aromatic heterocycles. The lowest BCUT2D eigenvalue weighted by Gasteiger charge is -2.20. The summed E-state index contributed by atoms with van der Waals surface area (Å²) in [6.45, 7) is 0.00630. The van der Waals surface area contributed by atoms with E-state index in [1.807, 2.05) is 28.8 Å². The first-order chi connectivity index (χ1) is 10.3. The van der Waals surface area contributed by atoms with E-state index >= 15 is 0 Å².